The third-order valence-electron chi connectivity index (χ3n) is 17.5. The SMILES string of the molecule is c1ccc(N2c3cc4c(cc3B3c5ccccc5Sc5cc(-n6c7ccccc7c7ccccc76)cc2c53)B2c3ccccc3N(c3ccccc3)c3cc(-n5c6ccccc6c6ccccc65)cc(c32)N4c2ccccc2)cc1. The standard InChI is InChI=1S/C72H45B2N5S/c1-4-22-46(23-5-1)75-63-38-20-14-32-55(63)73-57-44-58-65(45-64(57)76(47-24-6-2-7-25-47)67-41-49(40-66(75)71(67)73)78-59-34-16-10-28-51(59)52-29-11-17-35-60(52)78)77(48-26-8-3-9-27-48)68-42-50(43-70-72(68)74(58)56-33-15-21-39-69(56)80-70)79-61-36-18-12-30-53(61)54-31-13-19-37-62(54)79/h1-45H. The molecule has 4 aliphatic heterocycles. The summed E-state index contributed by atoms with van der Waals surface area (Å²) in [6.07, 6.45) is 0. The molecule has 18 rings (SSSR count). The first-order valence-electron chi connectivity index (χ1n) is 27.7. The predicted molar refractivity (Wildman–Crippen MR) is 339 cm³/mol. The monoisotopic (exact) mass is 1030 g/mol. The van der Waals surface area contributed by atoms with E-state index in [-0.39, 0.29) is 13.4 Å². The van der Waals surface area contributed by atoms with E-state index in [0.717, 1.165) is 34.1 Å². The lowest BCUT2D eigenvalue weighted by atomic mass is 9.30. The van der Waals surface area contributed by atoms with Gasteiger partial charge in [0.1, 0.15) is 0 Å². The Labute approximate surface area is 468 Å². The van der Waals surface area contributed by atoms with Gasteiger partial charge < -0.3 is 23.8 Å². The smallest absolute Gasteiger partial charge is 0.252 e. The minimum Gasteiger partial charge on any atom is -0.311 e. The Kier molecular flexibility index (Phi) is 9.28. The average Bonchev–Trinajstić information content (AvgIpc) is 3.33. The van der Waals surface area contributed by atoms with Crippen molar-refractivity contribution < 1.29 is 0 Å². The van der Waals surface area contributed by atoms with Crippen LogP contribution in [0.1, 0.15) is 0 Å². The van der Waals surface area contributed by atoms with Crippen LogP contribution in [-0.4, -0.2) is 22.6 Å². The molecular weight excluding hydrogens is 989 g/mol. The molecule has 5 nitrogen and oxygen atoms in total. The Morgan fingerprint density at radius 3 is 1.11 bits per heavy atom. The molecule has 0 bridgehead atoms. The summed E-state index contributed by atoms with van der Waals surface area (Å²) in [4.78, 5) is 10.3. The molecule has 0 spiro atoms. The molecule has 0 saturated carbocycles. The number of hydrogen-bond acceptors (Lipinski definition) is 4. The number of hydrogen-bond donors (Lipinski definition) is 0. The van der Waals surface area contributed by atoms with Gasteiger partial charge >= 0.3 is 0 Å². The molecule has 4 aliphatic rings. The Bertz CT molecular complexity index is 4810. The van der Waals surface area contributed by atoms with Crippen LogP contribution in [0, 0.1) is 0 Å². The Morgan fingerprint density at radius 1 is 0.237 bits per heavy atom. The van der Waals surface area contributed by atoms with Crippen LogP contribution in [0.4, 0.5) is 51.2 Å². The van der Waals surface area contributed by atoms with Crippen molar-refractivity contribution in [1.82, 2.24) is 9.13 Å². The van der Waals surface area contributed by atoms with Crippen LogP contribution in [0.15, 0.2) is 283 Å². The minimum atomic E-state index is -0.0967. The molecule has 14 aromatic rings. The van der Waals surface area contributed by atoms with E-state index in [0.29, 0.717) is 0 Å². The molecule has 8 heteroatoms. The highest BCUT2D eigenvalue weighted by atomic mass is 32.2. The molecule has 0 N–H and O–H groups in total. The Balaban J connectivity index is 0.966. The summed E-state index contributed by atoms with van der Waals surface area (Å²) in [6.45, 7) is -0.131. The normalized spacial score (nSPS) is 13.6. The summed E-state index contributed by atoms with van der Waals surface area (Å²) >= 11 is 1.91. The fourth-order valence-corrected chi connectivity index (χ4v) is 15.5. The van der Waals surface area contributed by atoms with E-state index in [9.17, 15) is 0 Å². The first-order valence-corrected chi connectivity index (χ1v) is 28.5. The largest absolute Gasteiger partial charge is 0.311 e. The summed E-state index contributed by atoms with van der Waals surface area (Å²) in [7, 11) is 0. The minimum absolute atomic E-state index is 0.0340. The van der Waals surface area contributed by atoms with Crippen molar-refractivity contribution in [3.8, 4) is 11.4 Å². The van der Waals surface area contributed by atoms with Crippen LogP contribution in [0.25, 0.3) is 55.0 Å². The van der Waals surface area contributed by atoms with Crippen LogP contribution in [0.2, 0.25) is 0 Å². The van der Waals surface area contributed by atoms with Gasteiger partial charge in [-0.2, -0.15) is 0 Å². The third kappa shape index (κ3) is 6.11. The fraction of sp³-hybridized carbons (Fsp3) is 0. The molecule has 6 heterocycles. The predicted octanol–water partition coefficient (Wildman–Crippen LogP) is 14.7. The molecule has 0 radical (unpaired) electrons. The average molecular weight is 1030 g/mol. The van der Waals surface area contributed by atoms with Crippen LogP contribution >= 0.6 is 11.8 Å². The highest BCUT2D eigenvalue weighted by Gasteiger charge is 2.48. The molecule has 0 atom stereocenters. The summed E-state index contributed by atoms with van der Waals surface area (Å²) < 4.78 is 4.98. The first kappa shape index (κ1) is 44.1. The second-order valence-electron chi connectivity index (χ2n) is 21.6. The van der Waals surface area contributed by atoms with Crippen LogP contribution in [0.5, 0.6) is 0 Å². The van der Waals surface area contributed by atoms with Crippen LogP contribution < -0.4 is 47.5 Å². The lowest BCUT2D eigenvalue weighted by Crippen LogP contribution is -2.64. The van der Waals surface area contributed by atoms with E-state index >= 15 is 0 Å². The van der Waals surface area contributed by atoms with E-state index in [1.807, 2.05) is 11.8 Å². The van der Waals surface area contributed by atoms with Gasteiger partial charge in [-0.15, -0.1) is 0 Å². The zero-order valence-corrected chi connectivity index (χ0v) is 44.1. The molecule has 80 heavy (non-hydrogen) atoms. The highest BCUT2D eigenvalue weighted by Crippen LogP contribution is 2.50. The van der Waals surface area contributed by atoms with Crippen LogP contribution in [-0.2, 0) is 0 Å². The number of para-hydroxylation sites is 8. The lowest BCUT2D eigenvalue weighted by Gasteiger charge is -2.46. The van der Waals surface area contributed by atoms with E-state index in [1.165, 1.54) is 115 Å². The molecule has 2 aromatic heterocycles. The van der Waals surface area contributed by atoms with Crippen molar-refractivity contribution in [3.63, 3.8) is 0 Å². The van der Waals surface area contributed by atoms with Gasteiger partial charge in [-0.05, 0) is 130 Å². The number of nitrogens with zero attached hydrogens (tertiary/aromatic N) is 5. The van der Waals surface area contributed by atoms with E-state index in [4.69, 9.17) is 0 Å². The van der Waals surface area contributed by atoms with Crippen molar-refractivity contribution >= 4 is 153 Å². The molecule has 0 saturated heterocycles. The lowest BCUT2D eigenvalue weighted by molar-refractivity contribution is 1.15. The van der Waals surface area contributed by atoms with Gasteiger partial charge in [0, 0.05) is 88.2 Å². The topological polar surface area (TPSA) is 19.6 Å². The molecular formula is C72H45B2N5S. The third-order valence-corrected chi connectivity index (χ3v) is 18.6. The number of aromatic nitrogens is 2. The second kappa shape index (κ2) is 16.8. The van der Waals surface area contributed by atoms with E-state index in [1.54, 1.807) is 0 Å². The summed E-state index contributed by atoms with van der Waals surface area (Å²) in [5, 5.41) is 4.99. The summed E-state index contributed by atoms with van der Waals surface area (Å²) in [5.74, 6) is 0. The molecule has 0 fully saturated rings. The van der Waals surface area contributed by atoms with Gasteiger partial charge in [0.25, 0.3) is 6.71 Å². The number of benzene rings is 12. The van der Waals surface area contributed by atoms with Gasteiger partial charge in [0.2, 0.25) is 6.71 Å². The number of rotatable bonds is 5. The molecule has 370 valence electrons. The maximum absolute atomic E-state index is 2.63. The summed E-state index contributed by atoms with van der Waals surface area (Å²) in [6, 6.07) is 102. The number of anilines is 9. The second-order valence-corrected chi connectivity index (χ2v) is 22.6. The molecule has 12 aromatic carbocycles. The van der Waals surface area contributed by atoms with Gasteiger partial charge in [-0.1, -0.05) is 187 Å². The van der Waals surface area contributed by atoms with Crippen molar-refractivity contribution in [2.24, 2.45) is 0 Å². The van der Waals surface area contributed by atoms with E-state index < -0.39 is 0 Å². The Morgan fingerprint density at radius 2 is 0.613 bits per heavy atom. The maximum Gasteiger partial charge on any atom is 0.252 e. The zero-order valence-electron chi connectivity index (χ0n) is 43.3. The van der Waals surface area contributed by atoms with Crippen molar-refractivity contribution in [1.29, 1.82) is 0 Å². The molecule has 0 unspecified atom stereocenters. The van der Waals surface area contributed by atoms with E-state index in [2.05, 4.69) is 297 Å². The summed E-state index contributed by atoms with van der Waals surface area (Å²) in [5.41, 5.74) is 25.3. The highest BCUT2D eigenvalue weighted by molar-refractivity contribution is 8.00. The van der Waals surface area contributed by atoms with Gasteiger partial charge in [0.15, 0.2) is 0 Å². The van der Waals surface area contributed by atoms with Crippen LogP contribution in [0.3, 0.4) is 0 Å². The fourth-order valence-electron chi connectivity index (χ4n) is 14.3. The maximum atomic E-state index is 2.63. The molecule has 0 amide bonds. The number of fused-ring (bicyclic) bond motifs is 14. The van der Waals surface area contributed by atoms with Crippen molar-refractivity contribution in [2.75, 3.05) is 14.7 Å². The van der Waals surface area contributed by atoms with Gasteiger partial charge in [-0.25, -0.2) is 0 Å². The van der Waals surface area contributed by atoms with Crippen molar-refractivity contribution in [3.05, 3.63) is 273 Å². The zero-order chi connectivity index (χ0) is 52.2. The molecule has 0 aliphatic carbocycles. The first-order chi connectivity index (χ1) is 39.7. The quantitative estimate of drug-likeness (QED) is 0.160. The van der Waals surface area contributed by atoms with Crippen molar-refractivity contribution in [2.45, 2.75) is 9.79 Å². The van der Waals surface area contributed by atoms with Gasteiger partial charge in [-0.3, -0.25) is 0 Å². The Hall–Kier alpha value is -9.88. The van der Waals surface area contributed by atoms with Gasteiger partial charge in [0.05, 0.1) is 27.8 Å².